The number of aliphatic hydroxyl groups is 1. The Morgan fingerprint density at radius 1 is 1.45 bits per heavy atom. The number of aliphatic hydroxyl groups excluding tert-OH is 1. The number of amides is 1. The Labute approximate surface area is 119 Å². The highest BCUT2D eigenvalue weighted by Crippen LogP contribution is 2.23. The van der Waals surface area contributed by atoms with Crippen molar-refractivity contribution < 1.29 is 14.3 Å². The summed E-state index contributed by atoms with van der Waals surface area (Å²) in [5, 5.41) is 9.20. The van der Waals surface area contributed by atoms with Crippen LogP contribution in [-0.4, -0.2) is 35.6 Å². The van der Waals surface area contributed by atoms with E-state index in [9.17, 15) is 14.3 Å². The summed E-state index contributed by atoms with van der Waals surface area (Å²) in [4.78, 5) is 14.1. The van der Waals surface area contributed by atoms with E-state index < -0.39 is 0 Å². The molecule has 1 N–H and O–H groups in total. The first-order chi connectivity index (χ1) is 9.60. The molecule has 0 aromatic heterocycles. The minimum atomic E-state index is -0.255. The van der Waals surface area contributed by atoms with Crippen molar-refractivity contribution >= 4 is 5.91 Å². The van der Waals surface area contributed by atoms with E-state index in [1.54, 1.807) is 12.1 Å². The monoisotopic (exact) mass is 279 g/mol. The van der Waals surface area contributed by atoms with Crippen molar-refractivity contribution in [1.29, 1.82) is 0 Å². The second-order valence-electron chi connectivity index (χ2n) is 5.69. The number of hydrogen-bond donors (Lipinski definition) is 1. The molecule has 1 heterocycles. The Morgan fingerprint density at radius 2 is 2.15 bits per heavy atom. The van der Waals surface area contributed by atoms with E-state index in [2.05, 4.69) is 0 Å². The van der Waals surface area contributed by atoms with E-state index in [0.717, 1.165) is 24.9 Å². The first-order valence-corrected chi connectivity index (χ1v) is 7.24. The molecule has 2 rings (SSSR count). The lowest BCUT2D eigenvalue weighted by Crippen LogP contribution is -2.41. The molecule has 2 unspecified atom stereocenters. The van der Waals surface area contributed by atoms with Crippen molar-refractivity contribution in [2.24, 2.45) is 5.92 Å². The van der Waals surface area contributed by atoms with Gasteiger partial charge in [0.1, 0.15) is 5.82 Å². The molecule has 20 heavy (non-hydrogen) atoms. The Morgan fingerprint density at radius 3 is 2.80 bits per heavy atom. The molecule has 1 amide bonds. The van der Waals surface area contributed by atoms with Gasteiger partial charge in [0.2, 0.25) is 5.91 Å². The minimum Gasteiger partial charge on any atom is -0.396 e. The topological polar surface area (TPSA) is 40.5 Å². The van der Waals surface area contributed by atoms with Crippen molar-refractivity contribution in [2.75, 3.05) is 19.7 Å². The van der Waals surface area contributed by atoms with Gasteiger partial charge >= 0.3 is 0 Å². The number of carbonyl (C=O) groups is 1. The van der Waals surface area contributed by atoms with Crippen LogP contribution in [0.25, 0.3) is 0 Å². The lowest BCUT2D eigenvalue weighted by atomic mass is 9.95. The van der Waals surface area contributed by atoms with Crippen LogP contribution in [0.4, 0.5) is 4.39 Å². The SMILES string of the molecule is CC(CC(=O)N1CCCC(CO)C1)c1ccc(F)cc1. The predicted molar refractivity (Wildman–Crippen MR) is 75.8 cm³/mol. The molecule has 0 spiro atoms. The fourth-order valence-electron chi connectivity index (χ4n) is 2.74. The van der Waals surface area contributed by atoms with E-state index in [1.165, 1.54) is 12.1 Å². The van der Waals surface area contributed by atoms with E-state index in [1.807, 2.05) is 11.8 Å². The van der Waals surface area contributed by atoms with Gasteiger partial charge in [-0.3, -0.25) is 4.79 Å². The van der Waals surface area contributed by atoms with Crippen molar-refractivity contribution in [3.05, 3.63) is 35.6 Å². The van der Waals surface area contributed by atoms with Gasteiger partial charge in [0.05, 0.1) is 0 Å². The molecule has 0 aliphatic carbocycles. The van der Waals surface area contributed by atoms with Gasteiger partial charge in [0.25, 0.3) is 0 Å². The maximum absolute atomic E-state index is 12.9. The number of hydrogen-bond acceptors (Lipinski definition) is 2. The molecule has 1 aromatic rings. The summed E-state index contributed by atoms with van der Waals surface area (Å²) in [5.41, 5.74) is 0.982. The van der Waals surface area contributed by atoms with Crippen molar-refractivity contribution in [3.63, 3.8) is 0 Å². The van der Waals surface area contributed by atoms with Gasteiger partial charge in [-0.25, -0.2) is 4.39 Å². The summed E-state index contributed by atoms with van der Waals surface area (Å²) >= 11 is 0. The second kappa shape index (κ2) is 6.84. The molecule has 4 heteroatoms. The molecule has 1 aliphatic heterocycles. The molecule has 0 radical (unpaired) electrons. The number of rotatable bonds is 4. The van der Waals surface area contributed by atoms with Crippen LogP contribution in [-0.2, 0) is 4.79 Å². The molecular formula is C16H22FNO2. The van der Waals surface area contributed by atoms with Gasteiger partial charge in [-0.1, -0.05) is 19.1 Å². The van der Waals surface area contributed by atoms with Crippen molar-refractivity contribution in [2.45, 2.75) is 32.1 Å². The van der Waals surface area contributed by atoms with E-state index in [0.29, 0.717) is 13.0 Å². The van der Waals surface area contributed by atoms with E-state index in [-0.39, 0.29) is 30.2 Å². The summed E-state index contributed by atoms with van der Waals surface area (Å²) in [7, 11) is 0. The van der Waals surface area contributed by atoms with Gasteiger partial charge < -0.3 is 10.0 Å². The van der Waals surface area contributed by atoms with Crippen LogP contribution < -0.4 is 0 Å². The number of piperidine rings is 1. The van der Waals surface area contributed by atoms with Crippen LogP contribution in [0.5, 0.6) is 0 Å². The summed E-state index contributed by atoms with van der Waals surface area (Å²) in [6, 6.07) is 6.33. The van der Waals surface area contributed by atoms with Crippen molar-refractivity contribution in [1.82, 2.24) is 4.90 Å². The largest absolute Gasteiger partial charge is 0.396 e. The Bertz CT molecular complexity index is 446. The third kappa shape index (κ3) is 3.79. The molecule has 1 aliphatic rings. The van der Waals surface area contributed by atoms with Crippen LogP contribution in [0.15, 0.2) is 24.3 Å². The molecule has 110 valence electrons. The van der Waals surface area contributed by atoms with Gasteiger partial charge in [-0.15, -0.1) is 0 Å². The molecule has 0 bridgehead atoms. The minimum absolute atomic E-state index is 0.0811. The lowest BCUT2D eigenvalue weighted by Gasteiger charge is -2.32. The van der Waals surface area contributed by atoms with Crippen LogP contribution in [0.1, 0.15) is 37.7 Å². The fraction of sp³-hybridized carbons (Fsp3) is 0.562. The Hall–Kier alpha value is -1.42. The Balaban J connectivity index is 1.91. The van der Waals surface area contributed by atoms with Gasteiger partial charge in [0, 0.05) is 26.1 Å². The van der Waals surface area contributed by atoms with Crippen LogP contribution in [0.2, 0.25) is 0 Å². The molecule has 0 saturated carbocycles. The Kier molecular flexibility index (Phi) is 5.12. The predicted octanol–water partition coefficient (Wildman–Crippen LogP) is 2.55. The maximum Gasteiger partial charge on any atom is 0.223 e. The maximum atomic E-state index is 12.9. The van der Waals surface area contributed by atoms with Crippen molar-refractivity contribution in [3.8, 4) is 0 Å². The first-order valence-electron chi connectivity index (χ1n) is 7.24. The zero-order valence-corrected chi connectivity index (χ0v) is 11.9. The summed E-state index contributed by atoms with van der Waals surface area (Å²) in [6.07, 6.45) is 2.39. The zero-order valence-electron chi connectivity index (χ0n) is 11.9. The second-order valence-corrected chi connectivity index (χ2v) is 5.69. The van der Waals surface area contributed by atoms with Crippen LogP contribution in [0, 0.1) is 11.7 Å². The molecule has 2 atom stereocenters. The smallest absolute Gasteiger partial charge is 0.223 e. The third-order valence-corrected chi connectivity index (χ3v) is 4.05. The van der Waals surface area contributed by atoms with E-state index >= 15 is 0 Å². The fourth-order valence-corrected chi connectivity index (χ4v) is 2.74. The summed E-state index contributed by atoms with van der Waals surface area (Å²) in [5.74, 6) is 0.167. The standard InChI is InChI=1S/C16H22FNO2/c1-12(14-4-6-15(17)7-5-14)9-16(20)18-8-2-3-13(10-18)11-19/h4-7,12-13,19H,2-3,8-11H2,1H3. The number of carbonyl (C=O) groups excluding carboxylic acids is 1. The van der Waals surface area contributed by atoms with Gasteiger partial charge in [0.15, 0.2) is 0 Å². The number of likely N-dealkylation sites (tertiary alicyclic amines) is 1. The average Bonchev–Trinajstić information content (AvgIpc) is 2.47. The zero-order chi connectivity index (χ0) is 14.5. The lowest BCUT2D eigenvalue weighted by molar-refractivity contribution is -0.133. The van der Waals surface area contributed by atoms with Gasteiger partial charge in [-0.05, 0) is 42.4 Å². The number of halogens is 1. The first kappa shape index (κ1) is 15.0. The number of nitrogens with zero attached hydrogens (tertiary/aromatic N) is 1. The summed E-state index contributed by atoms with van der Waals surface area (Å²) in [6.45, 7) is 3.58. The molecule has 1 aromatic carbocycles. The normalized spacial score (nSPS) is 20.8. The number of benzene rings is 1. The van der Waals surface area contributed by atoms with Gasteiger partial charge in [-0.2, -0.15) is 0 Å². The summed E-state index contributed by atoms with van der Waals surface area (Å²) < 4.78 is 12.9. The van der Waals surface area contributed by atoms with Crippen LogP contribution in [0.3, 0.4) is 0 Å². The highest BCUT2D eigenvalue weighted by Gasteiger charge is 2.24. The molecule has 3 nitrogen and oxygen atoms in total. The highest BCUT2D eigenvalue weighted by atomic mass is 19.1. The molecule has 1 saturated heterocycles. The van der Waals surface area contributed by atoms with E-state index in [4.69, 9.17) is 0 Å². The highest BCUT2D eigenvalue weighted by molar-refractivity contribution is 5.77. The third-order valence-electron chi connectivity index (χ3n) is 4.05. The van der Waals surface area contributed by atoms with Crippen LogP contribution >= 0.6 is 0 Å². The molecular weight excluding hydrogens is 257 g/mol. The average molecular weight is 279 g/mol. The quantitative estimate of drug-likeness (QED) is 0.920. The molecule has 1 fully saturated rings.